The summed E-state index contributed by atoms with van der Waals surface area (Å²) in [5, 5.41) is 12.5. The Kier molecular flexibility index (Phi) is 3.70. The molecule has 0 aromatic carbocycles. The fraction of sp³-hybridized carbons (Fsp3) is 0.700. The van der Waals surface area contributed by atoms with Crippen molar-refractivity contribution in [2.75, 3.05) is 6.61 Å². The second-order valence-electron chi connectivity index (χ2n) is 3.71. The minimum absolute atomic E-state index is 0.287. The summed E-state index contributed by atoms with van der Waals surface area (Å²) in [6.45, 7) is 2.73. The highest BCUT2D eigenvalue weighted by Crippen LogP contribution is 2.31. The molecule has 0 saturated carbocycles. The first-order valence-electron chi connectivity index (χ1n) is 5.49. The van der Waals surface area contributed by atoms with Gasteiger partial charge < -0.3 is 19.1 Å². The molecule has 2 atom stereocenters. The number of nitrogens with zero attached hydrogens (tertiary/aromatic N) is 2. The molecule has 17 heavy (non-hydrogen) atoms. The second-order valence-corrected chi connectivity index (χ2v) is 3.71. The normalized spacial score (nSPS) is 24.1. The van der Waals surface area contributed by atoms with Crippen LogP contribution in [0.3, 0.4) is 0 Å². The summed E-state index contributed by atoms with van der Waals surface area (Å²) in [6, 6.07) is 0. The molecule has 1 fully saturated rings. The van der Waals surface area contributed by atoms with Gasteiger partial charge in [-0.3, -0.25) is 0 Å². The molecular formula is C10H14N2O5. The summed E-state index contributed by atoms with van der Waals surface area (Å²) >= 11 is 0. The molecule has 7 nitrogen and oxygen atoms in total. The van der Waals surface area contributed by atoms with Crippen LogP contribution in [0.4, 0.5) is 0 Å². The molecule has 1 N–H and O–H groups in total. The monoisotopic (exact) mass is 242 g/mol. The van der Waals surface area contributed by atoms with Crippen LogP contribution in [0, 0.1) is 0 Å². The highest BCUT2D eigenvalue weighted by Gasteiger charge is 2.34. The Morgan fingerprint density at radius 3 is 3.06 bits per heavy atom. The van der Waals surface area contributed by atoms with Crippen LogP contribution >= 0.6 is 0 Å². The quantitative estimate of drug-likeness (QED) is 0.819. The maximum Gasteiger partial charge on any atom is 0.332 e. The lowest BCUT2D eigenvalue weighted by Gasteiger charge is -2.05. The molecule has 0 spiro atoms. The van der Waals surface area contributed by atoms with Gasteiger partial charge in [0.1, 0.15) is 12.7 Å². The number of carbonyl (C=O) groups is 1. The molecule has 1 aliphatic rings. The number of rotatable bonds is 5. The van der Waals surface area contributed by atoms with Crippen molar-refractivity contribution in [3.05, 3.63) is 11.7 Å². The first-order valence-corrected chi connectivity index (χ1v) is 5.49. The third-order valence-corrected chi connectivity index (χ3v) is 2.49. The Bertz CT molecular complexity index is 392. The van der Waals surface area contributed by atoms with Gasteiger partial charge in [0.2, 0.25) is 0 Å². The predicted molar refractivity (Wildman–Crippen MR) is 54.1 cm³/mol. The van der Waals surface area contributed by atoms with Crippen LogP contribution in [0.5, 0.6) is 0 Å². The number of carboxylic acid groups (broad SMARTS) is 1. The number of hydrogen-bond donors (Lipinski definition) is 1. The number of hydrogen-bond acceptors (Lipinski definition) is 6. The van der Waals surface area contributed by atoms with Gasteiger partial charge in [0, 0.05) is 6.61 Å². The Morgan fingerprint density at radius 1 is 1.59 bits per heavy atom. The molecule has 1 saturated heterocycles. The van der Waals surface area contributed by atoms with Crippen LogP contribution in [0.25, 0.3) is 0 Å². The Morgan fingerprint density at radius 2 is 2.41 bits per heavy atom. The van der Waals surface area contributed by atoms with Gasteiger partial charge in [-0.25, -0.2) is 4.79 Å². The zero-order valence-electron chi connectivity index (χ0n) is 9.46. The molecule has 0 amide bonds. The van der Waals surface area contributed by atoms with Crippen molar-refractivity contribution >= 4 is 5.97 Å². The lowest BCUT2D eigenvalue weighted by atomic mass is 10.2. The number of ether oxygens (including phenoxy) is 2. The van der Waals surface area contributed by atoms with Crippen molar-refractivity contribution in [3.8, 4) is 0 Å². The van der Waals surface area contributed by atoms with Gasteiger partial charge in [0.25, 0.3) is 5.89 Å². The summed E-state index contributed by atoms with van der Waals surface area (Å²) in [6.07, 6.45) is -0.155. The van der Waals surface area contributed by atoms with E-state index < -0.39 is 18.2 Å². The molecule has 2 unspecified atom stereocenters. The highest BCUT2D eigenvalue weighted by atomic mass is 16.6. The fourth-order valence-electron chi connectivity index (χ4n) is 1.65. The van der Waals surface area contributed by atoms with Crippen molar-refractivity contribution in [3.63, 3.8) is 0 Å². The van der Waals surface area contributed by atoms with E-state index in [2.05, 4.69) is 10.1 Å². The molecule has 0 bridgehead atoms. The van der Waals surface area contributed by atoms with Crippen LogP contribution in [0.2, 0.25) is 0 Å². The lowest BCUT2D eigenvalue weighted by molar-refractivity contribution is -0.150. The lowest BCUT2D eigenvalue weighted by Crippen LogP contribution is -2.18. The van der Waals surface area contributed by atoms with Crippen molar-refractivity contribution in [1.29, 1.82) is 0 Å². The summed E-state index contributed by atoms with van der Waals surface area (Å²) in [4.78, 5) is 14.8. The summed E-state index contributed by atoms with van der Waals surface area (Å²) in [5.41, 5.74) is 0. The first-order chi connectivity index (χ1) is 8.20. The van der Waals surface area contributed by atoms with E-state index in [4.69, 9.17) is 19.1 Å². The van der Waals surface area contributed by atoms with Gasteiger partial charge in [-0.2, -0.15) is 4.98 Å². The largest absolute Gasteiger partial charge is 0.479 e. The molecule has 0 aliphatic carbocycles. The van der Waals surface area contributed by atoms with Crippen LogP contribution in [0.1, 0.15) is 37.6 Å². The molecule has 7 heteroatoms. The van der Waals surface area contributed by atoms with Crippen molar-refractivity contribution in [1.82, 2.24) is 10.1 Å². The van der Waals surface area contributed by atoms with Crippen LogP contribution in [-0.4, -0.2) is 33.9 Å². The van der Waals surface area contributed by atoms with E-state index in [-0.39, 0.29) is 6.61 Å². The zero-order chi connectivity index (χ0) is 12.3. The molecule has 2 rings (SSSR count). The van der Waals surface area contributed by atoms with Crippen molar-refractivity contribution in [2.24, 2.45) is 0 Å². The first kappa shape index (κ1) is 12.0. The van der Waals surface area contributed by atoms with E-state index in [9.17, 15) is 4.79 Å². The van der Waals surface area contributed by atoms with E-state index in [0.717, 1.165) is 0 Å². The highest BCUT2D eigenvalue weighted by molar-refractivity contribution is 5.72. The number of aliphatic carboxylic acids is 1. The van der Waals surface area contributed by atoms with Crippen LogP contribution < -0.4 is 0 Å². The van der Waals surface area contributed by atoms with Crippen molar-refractivity contribution < 1.29 is 23.9 Å². The Labute approximate surface area is 97.7 Å². The molecule has 94 valence electrons. The smallest absolute Gasteiger partial charge is 0.332 e. The third kappa shape index (κ3) is 2.80. The SMILES string of the molecule is CCOCc1noc(C2CCC(C(=O)O)O2)n1. The van der Waals surface area contributed by atoms with Crippen LogP contribution in [0.15, 0.2) is 4.52 Å². The maximum absolute atomic E-state index is 10.7. The Hall–Kier alpha value is -1.47. The molecule has 0 radical (unpaired) electrons. The minimum atomic E-state index is -0.957. The Balaban J connectivity index is 1.94. The molecule has 2 heterocycles. The fourth-order valence-corrected chi connectivity index (χ4v) is 1.65. The topological polar surface area (TPSA) is 94.7 Å². The average molecular weight is 242 g/mol. The van der Waals surface area contributed by atoms with Gasteiger partial charge in [-0.05, 0) is 19.8 Å². The van der Waals surface area contributed by atoms with Crippen molar-refractivity contribution in [2.45, 2.75) is 38.6 Å². The van der Waals surface area contributed by atoms with Gasteiger partial charge in [0.15, 0.2) is 11.9 Å². The van der Waals surface area contributed by atoms with E-state index in [1.54, 1.807) is 0 Å². The molecule has 1 aliphatic heterocycles. The van der Waals surface area contributed by atoms with Gasteiger partial charge in [0.05, 0.1) is 0 Å². The molecular weight excluding hydrogens is 228 g/mol. The number of aromatic nitrogens is 2. The van der Waals surface area contributed by atoms with Crippen LogP contribution in [-0.2, 0) is 20.9 Å². The zero-order valence-corrected chi connectivity index (χ0v) is 9.46. The summed E-state index contributed by atoms with van der Waals surface area (Å²) in [5.74, 6) is -0.186. The summed E-state index contributed by atoms with van der Waals surface area (Å²) in [7, 11) is 0. The molecule has 1 aromatic rings. The average Bonchev–Trinajstić information content (AvgIpc) is 2.94. The van der Waals surface area contributed by atoms with Gasteiger partial charge in [-0.1, -0.05) is 5.16 Å². The summed E-state index contributed by atoms with van der Waals surface area (Å²) < 4.78 is 15.4. The minimum Gasteiger partial charge on any atom is -0.479 e. The van der Waals surface area contributed by atoms with E-state index in [0.29, 0.717) is 31.2 Å². The predicted octanol–water partition coefficient (Wildman–Crippen LogP) is 0.911. The van der Waals surface area contributed by atoms with E-state index >= 15 is 0 Å². The van der Waals surface area contributed by atoms with E-state index in [1.807, 2.05) is 6.92 Å². The second kappa shape index (κ2) is 5.24. The number of carboxylic acids is 1. The van der Waals surface area contributed by atoms with Gasteiger partial charge >= 0.3 is 5.97 Å². The van der Waals surface area contributed by atoms with E-state index in [1.165, 1.54) is 0 Å². The standard InChI is InChI=1S/C10H14N2O5/c1-2-15-5-8-11-9(17-12-8)6-3-4-7(16-6)10(13)14/h6-7H,2-5H2,1H3,(H,13,14). The van der Waals surface area contributed by atoms with Gasteiger partial charge in [-0.15, -0.1) is 0 Å². The maximum atomic E-state index is 10.7. The third-order valence-electron chi connectivity index (χ3n) is 2.49. The molecule has 1 aromatic heterocycles.